The number of aliphatic carboxylic acids is 1. The molecule has 34 heavy (non-hydrogen) atoms. The molecule has 1 spiro atoms. The van der Waals surface area contributed by atoms with Gasteiger partial charge in [0.05, 0.1) is 14.2 Å². The minimum absolute atomic E-state index is 0.0739. The smallest absolute Gasteiger partial charge is 0.341 e. The minimum Gasteiger partial charge on any atom is -0.496 e. The van der Waals surface area contributed by atoms with E-state index in [2.05, 4.69) is 5.32 Å². The fourth-order valence-electron chi connectivity index (χ4n) is 4.18. The Hall–Kier alpha value is -3.72. The van der Waals surface area contributed by atoms with Gasteiger partial charge in [-0.15, -0.1) is 0 Å². The molecule has 1 aliphatic carbocycles. The van der Waals surface area contributed by atoms with Gasteiger partial charge in [-0.2, -0.15) is 0 Å². The molecule has 0 radical (unpaired) electrons. The lowest BCUT2D eigenvalue weighted by atomic mass is 9.74. The van der Waals surface area contributed by atoms with Crippen molar-refractivity contribution in [2.75, 3.05) is 26.1 Å². The van der Waals surface area contributed by atoms with E-state index in [1.165, 1.54) is 26.4 Å². The summed E-state index contributed by atoms with van der Waals surface area (Å²) < 4.78 is 21.7. The van der Waals surface area contributed by atoms with Gasteiger partial charge in [0.25, 0.3) is 0 Å². The maximum atomic E-state index is 13.5. The van der Waals surface area contributed by atoms with E-state index in [0.29, 0.717) is 23.6 Å². The van der Waals surface area contributed by atoms with Gasteiger partial charge in [0.2, 0.25) is 17.2 Å². The molecule has 0 amide bonds. The molecule has 1 aliphatic heterocycles. The number of Topliss-reactive ketones (excluding diaryl/α,β-unsaturated/α-hetero) is 1. The number of hydrogen-bond acceptors (Lipinski definition) is 8. The number of benzene rings is 2. The summed E-state index contributed by atoms with van der Waals surface area (Å²) in [6.07, 6.45) is 1.70. The second kappa shape index (κ2) is 8.90. The van der Waals surface area contributed by atoms with Crippen molar-refractivity contribution < 1.29 is 38.4 Å². The first kappa shape index (κ1) is 23.4. The van der Waals surface area contributed by atoms with Gasteiger partial charge >= 0.3 is 5.97 Å². The van der Waals surface area contributed by atoms with Crippen molar-refractivity contribution in [3.05, 3.63) is 52.7 Å². The van der Waals surface area contributed by atoms with Crippen molar-refractivity contribution in [2.45, 2.75) is 18.9 Å². The Morgan fingerprint density at radius 2 is 1.88 bits per heavy atom. The molecule has 2 aromatic carbocycles. The molecule has 1 heterocycles. The number of carboxylic acids is 1. The third-order valence-corrected chi connectivity index (χ3v) is 6.19. The molecule has 2 N–H and O–H groups in total. The molecule has 0 bridgehead atoms. The van der Waals surface area contributed by atoms with Crippen molar-refractivity contribution in [1.29, 1.82) is 0 Å². The minimum atomic E-state index is -1.74. The Morgan fingerprint density at radius 1 is 1.21 bits per heavy atom. The largest absolute Gasteiger partial charge is 0.496 e. The van der Waals surface area contributed by atoms with Crippen LogP contribution in [0.2, 0.25) is 5.02 Å². The van der Waals surface area contributed by atoms with Crippen LogP contribution in [0.1, 0.15) is 23.7 Å². The molecular weight excluding hydrogens is 466 g/mol. The lowest BCUT2D eigenvalue weighted by Gasteiger charge is -2.35. The number of methoxy groups -OCH3 is 2. The summed E-state index contributed by atoms with van der Waals surface area (Å²) in [5, 5.41) is 12.0. The number of anilines is 1. The molecule has 2 unspecified atom stereocenters. The molecule has 0 aromatic heterocycles. The zero-order valence-electron chi connectivity index (χ0n) is 18.6. The summed E-state index contributed by atoms with van der Waals surface area (Å²) in [6, 6.07) is 8.11. The summed E-state index contributed by atoms with van der Waals surface area (Å²) in [5.74, 6) is -1.63. The molecule has 10 heteroatoms. The van der Waals surface area contributed by atoms with Crippen molar-refractivity contribution in [2.24, 2.45) is 5.92 Å². The van der Waals surface area contributed by atoms with E-state index in [-0.39, 0.29) is 27.8 Å². The van der Waals surface area contributed by atoms with Crippen molar-refractivity contribution in [1.82, 2.24) is 0 Å². The Balaban J connectivity index is 1.59. The number of ether oxygens (including phenoxy) is 4. The first-order valence-corrected chi connectivity index (χ1v) is 10.7. The number of allylic oxidation sites excluding steroid dienone is 1. The predicted molar refractivity (Wildman–Crippen MR) is 122 cm³/mol. The fourth-order valence-corrected chi connectivity index (χ4v) is 4.45. The van der Waals surface area contributed by atoms with Gasteiger partial charge in [-0.1, -0.05) is 18.5 Å². The third-order valence-electron chi connectivity index (χ3n) is 5.83. The SMILES string of the molecule is COc1cc(OC)c2c(c1Cl)OC1(C(=O)C=C(Nc3ccc(OCC(=O)O)cc3)CC1C)C2=O. The van der Waals surface area contributed by atoms with E-state index < -0.39 is 35.7 Å². The van der Waals surface area contributed by atoms with E-state index in [4.69, 9.17) is 35.7 Å². The van der Waals surface area contributed by atoms with Gasteiger partial charge in [0.15, 0.2) is 12.4 Å². The Labute approximate surface area is 200 Å². The van der Waals surface area contributed by atoms with E-state index >= 15 is 0 Å². The second-order valence-corrected chi connectivity index (χ2v) is 8.31. The fraction of sp³-hybridized carbons (Fsp3) is 0.292. The average Bonchev–Trinajstić information content (AvgIpc) is 3.12. The van der Waals surface area contributed by atoms with Crippen LogP contribution >= 0.6 is 11.6 Å². The third kappa shape index (κ3) is 3.81. The van der Waals surface area contributed by atoms with Gasteiger partial charge < -0.3 is 29.4 Å². The van der Waals surface area contributed by atoms with Gasteiger partial charge in [-0.05, 0) is 30.7 Å². The van der Waals surface area contributed by atoms with Crippen LogP contribution < -0.4 is 24.3 Å². The first-order chi connectivity index (χ1) is 16.2. The van der Waals surface area contributed by atoms with Crippen LogP contribution in [0.3, 0.4) is 0 Å². The number of carbonyl (C=O) groups is 3. The highest BCUT2D eigenvalue weighted by Crippen LogP contribution is 2.53. The number of carbonyl (C=O) groups excluding carboxylic acids is 2. The molecule has 2 aromatic rings. The highest BCUT2D eigenvalue weighted by atomic mass is 35.5. The zero-order chi connectivity index (χ0) is 24.6. The number of rotatable bonds is 7. The average molecular weight is 488 g/mol. The van der Waals surface area contributed by atoms with Crippen LogP contribution in [0, 0.1) is 5.92 Å². The first-order valence-electron chi connectivity index (χ1n) is 10.4. The number of halogens is 1. The summed E-state index contributed by atoms with van der Waals surface area (Å²) >= 11 is 6.40. The highest BCUT2D eigenvalue weighted by molar-refractivity contribution is 6.36. The van der Waals surface area contributed by atoms with Gasteiger partial charge in [-0.3, -0.25) is 9.59 Å². The van der Waals surface area contributed by atoms with E-state index in [0.717, 1.165) is 0 Å². The number of carboxylic acid groups (broad SMARTS) is 1. The lowest BCUT2D eigenvalue weighted by Crippen LogP contribution is -2.55. The number of ketones is 2. The molecule has 4 rings (SSSR count). The predicted octanol–water partition coefficient (Wildman–Crippen LogP) is 3.74. The van der Waals surface area contributed by atoms with Crippen molar-refractivity contribution in [3.8, 4) is 23.0 Å². The Kier molecular flexibility index (Phi) is 6.14. The molecule has 0 saturated carbocycles. The highest BCUT2D eigenvalue weighted by Gasteiger charge is 2.60. The molecule has 9 nitrogen and oxygen atoms in total. The van der Waals surface area contributed by atoms with Crippen LogP contribution in [0.4, 0.5) is 5.69 Å². The molecule has 2 aliphatic rings. The number of hydrogen-bond donors (Lipinski definition) is 2. The van der Waals surface area contributed by atoms with E-state index in [1.54, 1.807) is 31.2 Å². The van der Waals surface area contributed by atoms with Crippen LogP contribution in [0.5, 0.6) is 23.0 Å². The monoisotopic (exact) mass is 487 g/mol. The topological polar surface area (TPSA) is 120 Å². The standard InChI is InChI=1S/C24H22ClNO8/c1-12-8-14(26-13-4-6-15(7-5-13)33-11-19(28)29)9-18(27)24(12)23(30)20-16(31-2)10-17(32-3)21(25)22(20)34-24/h4-7,9-10,12,26H,8,11H2,1-3H3,(H,28,29). The van der Waals surface area contributed by atoms with E-state index in [1.807, 2.05) is 0 Å². The van der Waals surface area contributed by atoms with Crippen LogP contribution in [-0.2, 0) is 9.59 Å². The van der Waals surface area contributed by atoms with Crippen LogP contribution in [-0.4, -0.2) is 49.1 Å². The molecule has 2 atom stereocenters. The molecular formula is C24H22ClNO8. The summed E-state index contributed by atoms with van der Waals surface area (Å²) in [5.41, 5.74) is -0.354. The van der Waals surface area contributed by atoms with Crippen LogP contribution in [0.25, 0.3) is 0 Å². The maximum absolute atomic E-state index is 13.5. The molecule has 178 valence electrons. The van der Waals surface area contributed by atoms with E-state index in [9.17, 15) is 14.4 Å². The summed E-state index contributed by atoms with van der Waals surface area (Å²) in [7, 11) is 2.84. The molecule has 0 fully saturated rings. The molecule has 0 saturated heterocycles. The summed E-state index contributed by atoms with van der Waals surface area (Å²) in [4.78, 5) is 37.5. The van der Waals surface area contributed by atoms with Crippen molar-refractivity contribution >= 4 is 34.8 Å². The zero-order valence-corrected chi connectivity index (χ0v) is 19.4. The number of nitrogens with one attached hydrogen (secondary N) is 1. The Bertz CT molecular complexity index is 1210. The maximum Gasteiger partial charge on any atom is 0.341 e. The van der Waals surface area contributed by atoms with Gasteiger partial charge in [0, 0.05) is 29.4 Å². The number of fused-ring (bicyclic) bond motifs is 1. The lowest BCUT2D eigenvalue weighted by molar-refractivity contribution is -0.139. The van der Waals surface area contributed by atoms with Crippen molar-refractivity contribution in [3.63, 3.8) is 0 Å². The normalized spacial score (nSPS) is 20.9. The van der Waals surface area contributed by atoms with Crippen LogP contribution in [0.15, 0.2) is 42.1 Å². The second-order valence-electron chi connectivity index (χ2n) is 7.94. The quantitative estimate of drug-likeness (QED) is 0.562. The summed E-state index contributed by atoms with van der Waals surface area (Å²) in [6.45, 7) is 1.32. The van der Waals surface area contributed by atoms with Gasteiger partial charge in [0.1, 0.15) is 27.8 Å². The Morgan fingerprint density at radius 3 is 2.47 bits per heavy atom. The van der Waals surface area contributed by atoms with Gasteiger partial charge in [-0.25, -0.2) is 4.79 Å².